The van der Waals surface area contributed by atoms with E-state index in [0.717, 1.165) is 28.6 Å². The zero-order chi connectivity index (χ0) is 17.7. The van der Waals surface area contributed by atoms with Crippen LogP contribution in [0.1, 0.15) is 34.5 Å². The number of nitrogens with one attached hydrogen (secondary N) is 1. The third-order valence-electron chi connectivity index (χ3n) is 4.91. The summed E-state index contributed by atoms with van der Waals surface area (Å²) in [6.07, 6.45) is 0. The van der Waals surface area contributed by atoms with Crippen LogP contribution in [-0.2, 0) is 17.9 Å². The lowest BCUT2D eigenvalue weighted by Crippen LogP contribution is -2.38. The van der Waals surface area contributed by atoms with Crippen LogP contribution in [0.3, 0.4) is 0 Å². The molecule has 2 amide bonds. The number of imidazole rings is 1. The number of aryl methyl sites for hydroxylation is 1. The first-order valence-corrected chi connectivity index (χ1v) is 9.25. The first-order valence-electron chi connectivity index (χ1n) is 8.37. The fourth-order valence-electron chi connectivity index (χ4n) is 3.31. The molecule has 0 saturated carbocycles. The van der Waals surface area contributed by atoms with Gasteiger partial charge in [-0.15, -0.1) is 11.8 Å². The van der Waals surface area contributed by atoms with E-state index in [1.54, 1.807) is 6.07 Å². The van der Waals surface area contributed by atoms with Gasteiger partial charge in [-0.1, -0.05) is 0 Å². The van der Waals surface area contributed by atoms with E-state index in [-0.39, 0.29) is 17.1 Å². The number of benzene rings is 1. The summed E-state index contributed by atoms with van der Waals surface area (Å²) in [6, 6.07) is 5.55. The van der Waals surface area contributed by atoms with E-state index in [9.17, 15) is 9.59 Å². The highest BCUT2D eigenvalue weighted by Gasteiger charge is 2.27. The van der Waals surface area contributed by atoms with Crippen LogP contribution in [-0.4, -0.2) is 38.1 Å². The van der Waals surface area contributed by atoms with Gasteiger partial charge in [-0.05, 0) is 39.0 Å². The molecule has 1 atom stereocenters. The molecule has 0 spiro atoms. The van der Waals surface area contributed by atoms with Gasteiger partial charge in [0, 0.05) is 29.2 Å². The second-order valence-electron chi connectivity index (χ2n) is 6.54. The second-order valence-corrected chi connectivity index (χ2v) is 7.92. The molecule has 0 saturated heterocycles. The van der Waals surface area contributed by atoms with Crippen LogP contribution < -0.4 is 5.32 Å². The Labute approximate surface area is 150 Å². The average Bonchev–Trinajstić information content (AvgIpc) is 2.88. The maximum absolute atomic E-state index is 12.9. The third kappa shape index (κ3) is 2.72. The summed E-state index contributed by atoms with van der Waals surface area (Å²) in [4.78, 5) is 32.2. The molecule has 4 rings (SSSR count). The molecular formula is C18H20N4O2S. The molecule has 25 heavy (non-hydrogen) atoms. The molecular weight excluding hydrogens is 336 g/mol. The quantitative estimate of drug-likeness (QED) is 0.853. The van der Waals surface area contributed by atoms with Crippen molar-refractivity contribution in [1.82, 2.24) is 14.5 Å². The Morgan fingerprint density at radius 1 is 1.32 bits per heavy atom. The molecule has 2 aliphatic heterocycles. The topological polar surface area (TPSA) is 67.2 Å². The smallest absolute Gasteiger partial charge is 0.254 e. The largest absolute Gasteiger partial charge is 0.329 e. The first-order chi connectivity index (χ1) is 11.9. The SMILES string of the molecule is Cc1nc2n(c1C)CCN(C(=O)c1ccc3c(c1)NC(=O)C(C)S3)C2. The summed E-state index contributed by atoms with van der Waals surface area (Å²) < 4.78 is 2.18. The lowest BCUT2D eigenvalue weighted by Gasteiger charge is -2.29. The van der Waals surface area contributed by atoms with Gasteiger partial charge in [0.1, 0.15) is 5.82 Å². The van der Waals surface area contributed by atoms with Crippen LogP contribution >= 0.6 is 11.8 Å². The van der Waals surface area contributed by atoms with E-state index < -0.39 is 0 Å². The van der Waals surface area contributed by atoms with Crippen LogP contribution in [0, 0.1) is 13.8 Å². The number of anilines is 1. The molecule has 0 fully saturated rings. The monoisotopic (exact) mass is 356 g/mol. The Balaban J connectivity index is 1.58. The van der Waals surface area contributed by atoms with E-state index in [1.165, 1.54) is 17.5 Å². The van der Waals surface area contributed by atoms with Crippen molar-refractivity contribution in [3.05, 3.63) is 41.0 Å². The fourth-order valence-corrected chi connectivity index (χ4v) is 4.24. The standard InChI is InChI=1S/C18H20N4O2S/c1-10-11(2)22-7-6-21(9-16(22)19-10)18(24)13-4-5-15-14(8-13)20-17(23)12(3)25-15/h4-5,8,12H,6-7,9H2,1-3H3,(H,20,23). The van der Waals surface area contributed by atoms with Gasteiger partial charge in [-0.3, -0.25) is 9.59 Å². The van der Waals surface area contributed by atoms with Crippen molar-refractivity contribution in [2.45, 2.75) is 44.0 Å². The maximum Gasteiger partial charge on any atom is 0.254 e. The minimum absolute atomic E-state index is 0.0203. The fraction of sp³-hybridized carbons (Fsp3) is 0.389. The van der Waals surface area contributed by atoms with E-state index in [4.69, 9.17) is 0 Å². The molecule has 1 unspecified atom stereocenters. The minimum Gasteiger partial charge on any atom is -0.329 e. The number of hydrogen-bond acceptors (Lipinski definition) is 4. The van der Waals surface area contributed by atoms with Crippen molar-refractivity contribution in [2.24, 2.45) is 0 Å². The number of rotatable bonds is 1. The zero-order valence-corrected chi connectivity index (χ0v) is 15.3. The zero-order valence-electron chi connectivity index (χ0n) is 14.5. The maximum atomic E-state index is 12.9. The Bertz CT molecular complexity index is 889. The van der Waals surface area contributed by atoms with Crippen LogP contribution in [0.2, 0.25) is 0 Å². The summed E-state index contributed by atoms with van der Waals surface area (Å²) in [5, 5.41) is 2.78. The van der Waals surface area contributed by atoms with Gasteiger partial charge >= 0.3 is 0 Å². The number of carbonyl (C=O) groups is 2. The molecule has 2 aromatic rings. The van der Waals surface area contributed by atoms with Crippen molar-refractivity contribution in [3.8, 4) is 0 Å². The predicted molar refractivity (Wildman–Crippen MR) is 96.8 cm³/mol. The van der Waals surface area contributed by atoms with Gasteiger partial charge in [-0.2, -0.15) is 0 Å². The normalized spacial score (nSPS) is 19.2. The summed E-state index contributed by atoms with van der Waals surface area (Å²) in [5.74, 6) is 0.892. The van der Waals surface area contributed by atoms with Gasteiger partial charge in [0.25, 0.3) is 5.91 Å². The Morgan fingerprint density at radius 2 is 2.12 bits per heavy atom. The van der Waals surface area contributed by atoms with Crippen molar-refractivity contribution in [1.29, 1.82) is 0 Å². The van der Waals surface area contributed by atoms with E-state index >= 15 is 0 Å². The molecule has 130 valence electrons. The van der Waals surface area contributed by atoms with Crippen molar-refractivity contribution >= 4 is 29.3 Å². The lowest BCUT2D eigenvalue weighted by atomic mass is 10.1. The third-order valence-corrected chi connectivity index (χ3v) is 6.08. The molecule has 2 aliphatic rings. The summed E-state index contributed by atoms with van der Waals surface area (Å²) >= 11 is 1.52. The predicted octanol–water partition coefficient (Wildman–Crippen LogP) is 2.59. The molecule has 0 aliphatic carbocycles. The highest BCUT2D eigenvalue weighted by Crippen LogP contribution is 2.36. The van der Waals surface area contributed by atoms with E-state index in [0.29, 0.717) is 18.7 Å². The van der Waals surface area contributed by atoms with Gasteiger partial charge in [0.15, 0.2) is 0 Å². The van der Waals surface area contributed by atoms with Crippen molar-refractivity contribution in [2.75, 3.05) is 11.9 Å². The molecule has 6 nitrogen and oxygen atoms in total. The van der Waals surface area contributed by atoms with Gasteiger partial charge in [0.2, 0.25) is 5.91 Å². The lowest BCUT2D eigenvalue weighted by molar-refractivity contribution is -0.115. The number of thioether (sulfide) groups is 1. The van der Waals surface area contributed by atoms with Crippen LogP contribution in [0.15, 0.2) is 23.1 Å². The van der Waals surface area contributed by atoms with Gasteiger partial charge in [-0.25, -0.2) is 4.98 Å². The molecule has 3 heterocycles. The van der Waals surface area contributed by atoms with Gasteiger partial charge in [0.05, 0.1) is 23.2 Å². The number of carbonyl (C=O) groups excluding carboxylic acids is 2. The van der Waals surface area contributed by atoms with Crippen LogP contribution in [0.5, 0.6) is 0 Å². The van der Waals surface area contributed by atoms with Crippen LogP contribution in [0.25, 0.3) is 0 Å². The van der Waals surface area contributed by atoms with Gasteiger partial charge < -0.3 is 14.8 Å². The van der Waals surface area contributed by atoms with Crippen LogP contribution in [0.4, 0.5) is 5.69 Å². The highest BCUT2D eigenvalue weighted by atomic mass is 32.2. The average molecular weight is 356 g/mol. The highest BCUT2D eigenvalue weighted by molar-refractivity contribution is 8.00. The van der Waals surface area contributed by atoms with Crippen molar-refractivity contribution in [3.63, 3.8) is 0 Å². The van der Waals surface area contributed by atoms with E-state index in [1.807, 2.05) is 30.9 Å². The Kier molecular flexibility index (Phi) is 3.83. The minimum atomic E-state index is -0.110. The second kappa shape index (κ2) is 5.91. The molecule has 1 aromatic heterocycles. The Morgan fingerprint density at radius 3 is 2.92 bits per heavy atom. The number of amides is 2. The molecule has 1 aromatic carbocycles. The first kappa shape index (κ1) is 16.2. The van der Waals surface area contributed by atoms with Crippen molar-refractivity contribution < 1.29 is 9.59 Å². The molecule has 7 heteroatoms. The number of nitrogens with zero attached hydrogens (tertiary/aromatic N) is 3. The summed E-state index contributed by atoms with van der Waals surface area (Å²) in [5.41, 5.74) is 3.52. The van der Waals surface area contributed by atoms with E-state index in [2.05, 4.69) is 21.8 Å². The molecule has 0 bridgehead atoms. The molecule has 1 N–H and O–H groups in total. The molecule has 0 radical (unpaired) electrons. The number of fused-ring (bicyclic) bond motifs is 2. The number of aromatic nitrogens is 2. The number of hydrogen-bond donors (Lipinski definition) is 1. The summed E-state index contributed by atoms with van der Waals surface area (Å²) in [6.45, 7) is 7.89. The summed E-state index contributed by atoms with van der Waals surface area (Å²) in [7, 11) is 0. The Hall–Kier alpha value is -2.28.